The Morgan fingerprint density at radius 1 is 1.17 bits per heavy atom. The smallest absolute Gasteiger partial charge is 0.255 e. The highest BCUT2D eigenvalue weighted by Crippen LogP contribution is 2.23. The first-order chi connectivity index (χ1) is 11.5. The number of nitrogens with one attached hydrogen (secondary N) is 1. The first-order valence-corrected chi connectivity index (χ1v) is 7.76. The van der Waals surface area contributed by atoms with Gasteiger partial charge in [-0.3, -0.25) is 4.79 Å². The number of aryl methyl sites for hydroxylation is 1. The molecule has 0 saturated carbocycles. The van der Waals surface area contributed by atoms with Crippen LogP contribution in [0.5, 0.6) is 5.75 Å². The second-order valence-electron chi connectivity index (χ2n) is 5.45. The average molecular weight is 342 g/mol. The van der Waals surface area contributed by atoms with E-state index >= 15 is 0 Å². The number of amides is 1. The summed E-state index contributed by atoms with van der Waals surface area (Å²) in [6.07, 6.45) is 0. The van der Waals surface area contributed by atoms with E-state index in [4.69, 9.17) is 11.6 Å². The van der Waals surface area contributed by atoms with Gasteiger partial charge >= 0.3 is 0 Å². The maximum absolute atomic E-state index is 12.3. The van der Waals surface area contributed by atoms with Crippen LogP contribution in [0.1, 0.15) is 21.7 Å². The maximum atomic E-state index is 12.3. The highest BCUT2D eigenvalue weighted by molar-refractivity contribution is 6.31. The van der Waals surface area contributed by atoms with Crippen LogP contribution >= 0.6 is 11.6 Å². The number of nitrogens with zero attached hydrogens (tertiary/aromatic N) is 2. The first-order valence-electron chi connectivity index (χ1n) is 7.38. The Hall–Kier alpha value is -2.79. The number of carbonyl (C=O) groups is 1. The molecule has 122 valence electrons. The molecule has 1 aromatic heterocycles. The number of phenols is 1. The zero-order chi connectivity index (χ0) is 17.3. The van der Waals surface area contributed by atoms with Gasteiger partial charge in [0.15, 0.2) is 0 Å². The summed E-state index contributed by atoms with van der Waals surface area (Å²) in [5, 5.41) is 17.2. The van der Waals surface area contributed by atoms with E-state index in [9.17, 15) is 9.90 Å². The lowest BCUT2D eigenvalue weighted by molar-refractivity contribution is 0.102. The number of anilines is 1. The van der Waals surface area contributed by atoms with Crippen LogP contribution in [0.15, 0.2) is 48.5 Å². The summed E-state index contributed by atoms with van der Waals surface area (Å²) in [7, 11) is 0. The zero-order valence-corrected chi connectivity index (χ0v) is 14.0. The summed E-state index contributed by atoms with van der Waals surface area (Å²) in [6.45, 7) is 3.74. The normalized spacial score (nSPS) is 10.6. The van der Waals surface area contributed by atoms with Crippen LogP contribution in [0.25, 0.3) is 5.69 Å². The topological polar surface area (TPSA) is 67.2 Å². The Bertz CT molecular complexity index is 901. The van der Waals surface area contributed by atoms with Crippen molar-refractivity contribution in [3.05, 3.63) is 70.5 Å². The molecule has 0 bridgehead atoms. The van der Waals surface area contributed by atoms with E-state index in [0.717, 1.165) is 17.1 Å². The Labute approximate surface area is 144 Å². The van der Waals surface area contributed by atoms with Crippen molar-refractivity contribution in [1.82, 2.24) is 9.78 Å². The number of hydrogen-bond donors (Lipinski definition) is 2. The lowest BCUT2D eigenvalue weighted by Crippen LogP contribution is -2.12. The third kappa shape index (κ3) is 3.12. The van der Waals surface area contributed by atoms with E-state index in [1.54, 1.807) is 35.0 Å². The quantitative estimate of drug-likeness (QED) is 0.753. The molecule has 3 rings (SSSR count). The van der Waals surface area contributed by atoms with Crippen LogP contribution in [-0.4, -0.2) is 20.8 Å². The predicted octanol–water partition coefficient (Wildman–Crippen LogP) is 4.10. The van der Waals surface area contributed by atoms with Crippen LogP contribution in [-0.2, 0) is 0 Å². The highest BCUT2D eigenvalue weighted by Gasteiger charge is 2.12. The zero-order valence-electron chi connectivity index (χ0n) is 13.2. The molecule has 0 spiro atoms. The van der Waals surface area contributed by atoms with Crippen molar-refractivity contribution in [1.29, 1.82) is 0 Å². The van der Waals surface area contributed by atoms with Crippen molar-refractivity contribution in [3.63, 3.8) is 0 Å². The summed E-state index contributed by atoms with van der Waals surface area (Å²) >= 11 is 6.17. The fourth-order valence-electron chi connectivity index (χ4n) is 2.42. The minimum absolute atomic E-state index is 0.101. The number of benzene rings is 2. The Kier molecular flexibility index (Phi) is 4.27. The molecule has 0 atom stereocenters. The summed E-state index contributed by atoms with van der Waals surface area (Å²) < 4.78 is 1.74. The molecule has 0 fully saturated rings. The molecule has 2 N–H and O–H groups in total. The van der Waals surface area contributed by atoms with Gasteiger partial charge in [0.2, 0.25) is 0 Å². The van der Waals surface area contributed by atoms with Crippen molar-refractivity contribution < 1.29 is 9.90 Å². The largest absolute Gasteiger partial charge is 0.508 e. The number of aromatic hydroxyl groups is 1. The van der Waals surface area contributed by atoms with Crippen LogP contribution in [0.4, 0.5) is 5.69 Å². The Balaban J connectivity index is 1.81. The number of hydrogen-bond acceptors (Lipinski definition) is 3. The van der Waals surface area contributed by atoms with E-state index in [1.165, 1.54) is 6.07 Å². The van der Waals surface area contributed by atoms with Crippen molar-refractivity contribution in [2.24, 2.45) is 0 Å². The molecule has 1 heterocycles. The predicted molar refractivity (Wildman–Crippen MR) is 94.1 cm³/mol. The molecule has 0 aliphatic heterocycles. The lowest BCUT2D eigenvalue weighted by atomic mass is 10.2. The highest BCUT2D eigenvalue weighted by atomic mass is 35.5. The number of phenolic OH excluding ortho intramolecular Hbond substituents is 1. The molecule has 1 amide bonds. The molecule has 0 unspecified atom stereocenters. The molecule has 3 aromatic rings. The third-order valence-corrected chi connectivity index (χ3v) is 4.23. The summed E-state index contributed by atoms with van der Waals surface area (Å²) in [5.74, 6) is -0.150. The second-order valence-corrected chi connectivity index (χ2v) is 5.83. The van der Waals surface area contributed by atoms with Gasteiger partial charge in [0.05, 0.1) is 22.1 Å². The van der Waals surface area contributed by atoms with E-state index in [0.29, 0.717) is 16.3 Å². The van der Waals surface area contributed by atoms with Crippen molar-refractivity contribution in [2.45, 2.75) is 13.8 Å². The molecule has 6 heteroatoms. The Morgan fingerprint density at radius 3 is 2.46 bits per heavy atom. The SMILES string of the molecule is Cc1nn(-c2ccc(C(=O)Nc3cccc(O)c3)cc2)c(C)c1Cl. The fraction of sp³-hybridized carbons (Fsp3) is 0.111. The van der Waals surface area contributed by atoms with E-state index in [1.807, 2.05) is 26.0 Å². The van der Waals surface area contributed by atoms with E-state index < -0.39 is 0 Å². The van der Waals surface area contributed by atoms with E-state index in [-0.39, 0.29) is 11.7 Å². The van der Waals surface area contributed by atoms with Crippen molar-refractivity contribution in [3.8, 4) is 11.4 Å². The van der Waals surface area contributed by atoms with Gasteiger partial charge in [-0.15, -0.1) is 0 Å². The van der Waals surface area contributed by atoms with Gasteiger partial charge in [0.1, 0.15) is 5.75 Å². The number of aromatic nitrogens is 2. The standard InChI is InChI=1S/C18H16ClN3O2/c1-11-17(19)12(2)22(21-11)15-8-6-13(7-9-15)18(24)20-14-4-3-5-16(23)10-14/h3-10,23H,1-2H3,(H,20,24). The average Bonchev–Trinajstić information content (AvgIpc) is 2.82. The van der Waals surface area contributed by atoms with Gasteiger partial charge < -0.3 is 10.4 Å². The molecular formula is C18H16ClN3O2. The fourth-order valence-corrected chi connectivity index (χ4v) is 2.53. The van der Waals surface area contributed by atoms with Crippen LogP contribution < -0.4 is 5.32 Å². The molecule has 0 saturated heterocycles. The second kappa shape index (κ2) is 6.37. The molecule has 0 radical (unpaired) electrons. The number of halogens is 1. The first kappa shape index (κ1) is 16.1. The number of rotatable bonds is 3. The summed E-state index contributed by atoms with van der Waals surface area (Å²) in [4.78, 5) is 12.3. The third-order valence-electron chi connectivity index (χ3n) is 3.68. The van der Waals surface area contributed by atoms with Gasteiger partial charge in [-0.05, 0) is 50.2 Å². The molecule has 5 nitrogen and oxygen atoms in total. The van der Waals surface area contributed by atoms with Gasteiger partial charge in [-0.25, -0.2) is 4.68 Å². The van der Waals surface area contributed by atoms with Gasteiger partial charge in [0.25, 0.3) is 5.91 Å². The van der Waals surface area contributed by atoms with Crippen LogP contribution in [0.2, 0.25) is 5.02 Å². The maximum Gasteiger partial charge on any atom is 0.255 e. The minimum atomic E-state index is -0.251. The lowest BCUT2D eigenvalue weighted by Gasteiger charge is -2.08. The summed E-state index contributed by atoms with van der Waals surface area (Å²) in [5.41, 5.74) is 3.49. The van der Waals surface area contributed by atoms with Crippen LogP contribution in [0, 0.1) is 13.8 Å². The molecule has 0 aliphatic rings. The molecular weight excluding hydrogens is 326 g/mol. The Morgan fingerprint density at radius 2 is 1.88 bits per heavy atom. The van der Waals surface area contributed by atoms with Gasteiger partial charge in [0, 0.05) is 17.3 Å². The van der Waals surface area contributed by atoms with Crippen LogP contribution in [0.3, 0.4) is 0 Å². The van der Waals surface area contributed by atoms with Crippen molar-refractivity contribution in [2.75, 3.05) is 5.32 Å². The minimum Gasteiger partial charge on any atom is -0.508 e. The molecule has 24 heavy (non-hydrogen) atoms. The monoisotopic (exact) mass is 341 g/mol. The van der Waals surface area contributed by atoms with Gasteiger partial charge in [-0.1, -0.05) is 17.7 Å². The molecule has 0 aliphatic carbocycles. The molecule has 2 aromatic carbocycles. The van der Waals surface area contributed by atoms with Crippen molar-refractivity contribution >= 4 is 23.2 Å². The summed E-state index contributed by atoms with van der Waals surface area (Å²) in [6, 6.07) is 13.5. The van der Waals surface area contributed by atoms with E-state index in [2.05, 4.69) is 10.4 Å². The van der Waals surface area contributed by atoms with Gasteiger partial charge in [-0.2, -0.15) is 5.10 Å². The number of carbonyl (C=O) groups excluding carboxylic acids is 1.